The van der Waals surface area contributed by atoms with Crippen LogP contribution in [0.3, 0.4) is 0 Å². The first-order valence-corrected chi connectivity index (χ1v) is 7.80. The Labute approximate surface area is 132 Å². The predicted octanol–water partition coefficient (Wildman–Crippen LogP) is -2.59. The smallest absolute Gasteiger partial charge is 0.549 e. The molecule has 0 atom stereocenters. The van der Waals surface area contributed by atoms with E-state index in [2.05, 4.69) is 6.92 Å². The zero-order valence-corrected chi connectivity index (χ0v) is 14.2. The van der Waals surface area contributed by atoms with E-state index in [0.29, 0.717) is 6.42 Å². The maximum atomic E-state index is 11.3. The largest absolute Gasteiger partial charge is 1.00 e. The number of rotatable bonds is 11. The van der Waals surface area contributed by atoms with Crippen molar-refractivity contribution in [1.29, 1.82) is 0 Å². The number of aliphatic carboxylic acids is 1. The molecule has 0 spiro atoms. The van der Waals surface area contributed by atoms with Gasteiger partial charge in [-0.05, 0) is 6.42 Å². The Bertz CT molecular complexity index is 306. The van der Waals surface area contributed by atoms with Crippen LogP contribution in [-0.4, -0.2) is 26.7 Å². The zero-order chi connectivity index (χ0) is 13.1. The first-order valence-electron chi connectivity index (χ1n) is 6.15. The molecule has 18 heavy (non-hydrogen) atoms. The third-order valence-corrected chi connectivity index (χ3v) is 3.86. The van der Waals surface area contributed by atoms with Crippen LogP contribution in [0, 0.1) is 0 Å². The van der Waals surface area contributed by atoms with E-state index in [-0.39, 0.29) is 35.3 Å². The van der Waals surface area contributed by atoms with E-state index in [4.69, 9.17) is 0 Å². The molecule has 0 heterocycles. The van der Waals surface area contributed by atoms with Crippen molar-refractivity contribution in [2.24, 2.45) is 0 Å². The second-order valence-corrected chi connectivity index (χ2v) is 6.06. The van der Waals surface area contributed by atoms with Crippen molar-refractivity contribution in [3.05, 3.63) is 0 Å². The molecule has 0 saturated heterocycles. The normalized spacial score (nSPS) is 10.9. The number of carboxylic acid groups (broad SMARTS) is 1. The molecule has 0 rings (SSSR count). The molecule has 0 aromatic carbocycles. The van der Waals surface area contributed by atoms with Crippen LogP contribution in [0.5, 0.6) is 0 Å². The molecular formula is C11H22NNaO4S. The Morgan fingerprint density at radius 2 is 1.56 bits per heavy atom. The Morgan fingerprint density at radius 3 is 2.06 bits per heavy atom. The Morgan fingerprint density at radius 1 is 1.06 bits per heavy atom. The van der Waals surface area contributed by atoms with E-state index in [0.717, 1.165) is 19.3 Å². The molecule has 0 aliphatic heterocycles. The van der Waals surface area contributed by atoms with E-state index in [9.17, 15) is 18.3 Å². The Balaban J connectivity index is 0. The molecule has 0 saturated carbocycles. The summed E-state index contributed by atoms with van der Waals surface area (Å²) in [6.45, 7) is 1.51. The second-order valence-electron chi connectivity index (χ2n) is 4.13. The number of nitrogens with one attached hydrogen (secondary N) is 1. The van der Waals surface area contributed by atoms with Crippen molar-refractivity contribution in [3.63, 3.8) is 0 Å². The summed E-state index contributed by atoms with van der Waals surface area (Å²) >= 11 is 0. The number of carbonyl (C=O) groups is 1. The van der Waals surface area contributed by atoms with E-state index in [1.54, 1.807) is 0 Å². The van der Waals surface area contributed by atoms with Gasteiger partial charge in [-0.25, -0.2) is 13.1 Å². The van der Waals surface area contributed by atoms with E-state index >= 15 is 0 Å². The molecule has 5 nitrogen and oxygen atoms in total. The third kappa shape index (κ3) is 14.4. The number of hydrogen-bond donors (Lipinski definition) is 1. The summed E-state index contributed by atoms with van der Waals surface area (Å²) in [5.41, 5.74) is 0. The minimum absolute atomic E-state index is 0. The molecule has 0 unspecified atom stereocenters. The number of carboxylic acids is 1. The van der Waals surface area contributed by atoms with Gasteiger partial charge in [0, 0.05) is 0 Å². The van der Waals surface area contributed by atoms with Gasteiger partial charge in [-0.1, -0.05) is 45.4 Å². The van der Waals surface area contributed by atoms with Gasteiger partial charge < -0.3 is 9.90 Å². The summed E-state index contributed by atoms with van der Waals surface area (Å²) in [6, 6.07) is 0. The molecule has 0 aromatic rings. The average molecular weight is 287 g/mol. The molecule has 7 heteroatoms. The van der Waals surface area contributed by atoms with Gasteiger partial charge in [-0.3, -0.25) is 0 Å². The topological polar surface area (TPSA) is 86.3 Å². The van der Waals surface area contributed by atoms with Crippen molar-refractivity contribution in [3.8, 4) is 0 Å². The maximum Gasteiger partial charge on any atom is 1.00 e. The van der Waals surface area contributed by atoms with Gasteiger partial charge in [-0.2, -0.15) is 0 Å². The summed E-state index contributed by atoms with van der Waals surface area (Å²) in [4.78, 5) is 10.1. The van der Waals surface area contributed by atoms with Gasteiger partial charge in [0.05, 0.1) is 18.3 Å². The van der Waals surface area contributed by atoms with Gasteiger partial charge in [0.2, 0.25) is 10.0 Å². The standard InChI is InChI=1S/C11H23NO4S.Na/c1-2-3-4-5-6-7-8-9-17(15,16)12-10-11(13)14;/h12H,2-10H2,1H3,(H,13,14);/q;+1/p-1. The number of sulfonamides is 1. The molecular weight excluding hydrogens is 265 g/mol. The molecule has 1 N–H and O–H groups in total. The first-order chi connectivity index (χ1) is 7.98. The Hall–Kier alpha value is 0.380. The Kier molecular flexibility index (Phi) is 14.3. The summed E-state index contributed by atoms with van der Waals surface area (Å²) in [7, 11) is -3.44. The van der Waals surface area contributed by atoms with Crippen LogP contribution < -0.4 is 39.4 Å². The van der Waals surface area contributed by atoms with Crippen LogP contribution in [0.15, 0.2) is 0 Å². The van der Waals surface area contributed by atoms with Crippen LogP contribution in [-0.2, 0) is 14.8 Å². The fourth-order valence-corrected chi connectivity index (χ4v) is 2.56. The van der Waals surface area contributed by atoms with Gasteiger partial charge in [-0.15, -0.1) is 0 Å². The monoisotopic (exact) mass is 287 g/mol. The van der Waals surface area contributed by atoms with Crippen LogP contribution in [0.4, 0.5) is 0 Å². The third-order valence-electron chi connectivity index (χ3n) is 2.45. The molecule has 0 radical (unpaired) electrons. The van der Waals surface area contributed by atoms with Crippen molar-refractivity contribution in [1.82, 2.24) is 4.72 Å². The SMILES string of the molecule is CCCCCCCCCS(=O)(=O)NCC(=O)[O-].[Na+]. The fraction of sp³-hybridized carbons (Fsp3) is 0.909. The van der Waals surface area contributed by atoms with E-state index < -0.39 is 22.5 Å². The van der Waals surface area contributed by atoms with E-state index in [1.807, 2.05) is 4.72 Å². The predicted molar refractivity (Wildman–Crippen MR) is 64.8 cm³/mol. The van der Waals surface area contributed by atoms with Crippen molar-refractivity contribution in [2.45, 2.75) is 51.9 Å². The van der Waals surface area contributed by atoms with Crippen LogP contribution in [0.2, 0.25) is 0 Å². The van der Waals surface area contributed by atoms with Gasteiger partial charge in [0.1, 0.15) is 0 Å². The number of hydrogen-bond acceptors (Lipinski definition) is 4. The minimum Gasteiger partial charge on any atom is -0.549 e. The first kappa shape index (κ1) is 20.7. The second kappa shape index (κ2) is 12.4. The van der Waals surface area contributed by atoms with Gasteiger partial charge >= 0.3 is 29.6 Å². The van der Waals surface area contributed by atoms with Crippen LogP contribution >= 0.6 is 0 Å². The molecule has 0 aliphatic carbocycles. The fourth-order valence-electron chi connectivity index (χ4n) is 1.49. The molecule has 0 aliphatic rings. The van der Waals surface area contributed by atoms with Crippen LogP contribution in [0.25, 0.3) is 0 Å². The summed E-state index contributed by atoms with van der Waals surface area (Å²) in [5, 5.41) is 10.1. The van der Waals surface area contributed by atoms with Crippen molar-refractivity contribution >= 4 is 16.0 Å². The van der Waals surface area contributed by atoms with Crippen molar-refractivity contribution < 1.29 is 47.9 Å². The van der Waals surface area contributed by atoms with Gasteiger partial charge in [0.15, 0.2) is 0 Å². The van der Waals surface area contributed by atoms with Crippen molar-refractivity contribution in [2.75, 3.05) is 12.3 Å². The quantitative estimate of drug-likeness (QED) is 0.334. The molecule has 0 fully saturated rings. The number of unbranched alkanes of at least 4 members (excludes halogenated alkanes) is 6. The molecule has 0 aromatic heterocycles. The summed E-state index contributed by atoms with van der Waals surface area (Å²) in [5.74, 6) is -1.42. The molecule has 0 amide bonds. The summed E-state index contributed by atoms with van der Waals surface area (Å²) in [6.07, 6.45) is 7.25. The van der Waals surface area contributed by atoms with E-state index in [1.165, 1.54) is 19.3 Å². The summed E-state index contributed by atoms with van der Waals surface area (Å²) < 4.78 is 24.5. The van der Waals surface area contributed by atoms with Gasteiger partial charge in [0.25, 0.3) is 0 Å². The average Bonchev–Trinajstić information content (AvgIpc) is 2.25. The molecule has 102 valence electrons. The van der Waals surface area contributed by atoms with Crippen LogP contribution in [0.1, 0.15) is 51.9 Å². The zero-order valence-electron chi connectivity index (χ0n) is 11.4. The number of carbonyl (C=O) groups excluding carboxylic acids is 1. The molecule has 0 bridgehead atoms. The maximum absolute atomic E-state index is 11.3. The minimum atomic E-state index is -3.44.